The van der Waals surface area contributed by atoms with Crippen LogP contribution in [0, 0.1) is 11.8 Å². The fraction of sp³-hybridized carbons (Fsp3) is 0.647. The average molecular weight is 261 g/mol. The molecule has 0 spiro atoms. The van der Waals surface area contributed by atoms with Crippen molar-refractivity contribution in [3.05, 3.63) is 35.4 Å². The Morgan fingerprint density at radius 2 is 1.95 bits per heavy atom. The molecule has 0 bridgehead atoms. The number of hydrogen-bond acceptors (Lipinski definition) is 2. The number of hydrogen-bond donors (Lipinski definition) is 1. The van der Waals surface area contributed by atoms with Gasteiger partial charge in [-0.05, 0) is 48.8 Å². The molecule has 2 heteroatoms. The van der Waals surface area contributed by atoms with Crippen molar-refractivity contribution in [1.29, 1.82) is 0 Å². The van der Waals surface area contributed by atoms with Gasteiger partial charge in [0.2, 0.25) is 0 Å². The van der Waals surface area contributed by atoms with E-state index in [9.17, 15) is 0 Å². The van der Waals surface area contributed by atoms with E-state index in [2.05, 4.69) is 43.4 Å². The molecule has 0 aromatic heterocycles. The highest BCUT2D eigenvalue weighted by Gasteiger charge is 2.33. The molecule has 0 amide bonds. The molecule has 1 aromatic rings. The predicted molar refractivity (Wildman–Crippen MR) is 80.3 cm³/mol. The molecule has 1 aliphatic carbocycles. The van der Waals surface area contributed by atoms with E-state index in [1.165, 1.54) is 24.0 Å². The van der Waals surface area contributed by atoms with Gasteiger partial charge in [-0.3, -0.25) is 0 Å². The van der Waals surface area contributed by atoms with E-state index in [0.29, 0.717) is 6.04 Å². The Bertz CT molecular complexity index is 369. The summed E-state index contributed by atoms with van der Waals surface area (Å²) in [5.74, 6) is 1.67. The monoisotopic (exact) mass is 261 g/mol. The summed E-state index contributed by atoms with van der Waals surface area (Å²) in [6.45, 7) is 6.42. The van der Waals surface area contributed by atoms with Crippen molar-refractivity contribution in [2.45, 2.75) is 39.2 Å². The number of methoxy groups -OCH3 is 1. The van der Waals surface area contributed by atoms with Crippen molar-refractivity contribution >= 4 is 0 Å². The van der Waals surface area contributed by atoms with E-state index in [1.54, 1.807) is 7.11 Å². The van der Waals surface area contributed by atoms with Crippen LogP contribution in [0.5, 0.6) is 0 Å². The highest BCUT2D eigenvalue weighted by Crippen LogP contribution is 2.42. The molecule has 1 fully saturated rings. The van der Waals surface area contributed by atoms with Gasteiger partial charge in [0.1, 0.15) is 0 Å². The van der Waals surface area contributed by atoms with E-state index in [4.69, 9.17) is 4.74 Å². The molecule has 0 radical (unpaired) electrons. The molecule has 106 valence electrons. The van der Waals surface area contributed by atoms with Gasteiger partial charge in [-0.25, -0.2) is 0 Å². The predicted octanol–water partition coefficient (Wildman–Crippen LogP) is 3.57. The summed E-state index contributed by atoms with van der Waals surface area (Å²) in [4.78, 5) is 0. The minimum absolute atomic E-state index is 0.508. The Hall–Kier alpha value is -0.860. The number of benzene rings is 1. The maximum absolute atomic E-state index is 5.13. The summed E-state index contributed by atoms with van der Waals surface area (Å²) in [5.41, 5.74) is 2.79. The fourth-order valence-electron chi connectivity index (χ4n) is 2.83. The lowest BCUT2D eigenvalue weighted by atomic mass is 9.90. The topological polar surface area (TPSA) is 21.3 Å². The van der Waals surface area contributed by atoms with Crippen LogP contribution in [-0.4, -0.2) is 20.3 Å². The lowest BCUT2D eigenvalue weighted by Crippen LogP contribution is -2.27. The Morgan fingerprint density at radius 1 is 1.26 bits per heavy atom. The van der Waals surface area contributed by atoms with Crippen LogP contribution in [0.1, 0.15) is 43.9 Å². The lowest BCUT2D eigenvalue weighted by Gasteiger charge is -2.25. The molecule has 1 aliphatic rings. The van der Waals surface area contributed by atoms with Crippen molar-refractivity contribution in [2.75, 3.05) is 20.3 Å². The second-order valence-electron chi connectivity index (χ2n) is 5.72. The first-order valence-electron chi connectivity index (χ1n) is 7.57. The van der Waals surface area contributed by atoms with Crippen LogP contribution in [0.3, 0.4) is 0 Å². The first-order valence-corrected chi connectivity index (χ1v) is 7.57. The first-order chi connectivity index (χ1) is 9.26. The van der Waals surface area contributed by atoms with Crippen LogP contribution >= 0.6 is 0 Å². The SMILES string of the molecule is CCNC(c1ccc(CCOC)cc1)C(C)C1CC1. The summed E-state index contributed by atoms with van der Waals surface area (Å²) in [6, 6.07) is 9.58. The van der Waals surface area contributed by atoms with Gasteiger partial charge < -0.3 is 10.1 Å². The maximum Gasteiger partial charge on any atom is 0.0502 e. The van der Waals surface area contributed by atoms with Gasteiger partial charge in [-0.15, -0.1) is 0 Å². The third-order valence-electron chi connectivity index (χ3n) is 4.25. The molecule has 19 heavy (non-hydrogen) atoms. The molecule has 1 aromatic carbocycles. The van der Waals surface area contributed by atoms with Crippen LogP contribution in [0.15, 0.2) is 24.3 Å². The maximum atomic E-state index is 5.13. The molecule has 1 N–H and O–H groups in total. The van der Waals surface area contributed by atoms with Gasteiger partial charge >= 0.3 is 0 Å². The molecule has 2 rings (SSSR count). The second kappa shape index (κ2) is 7.06. The number of rotatable bonds is 8. The third-order valence-corrected chi connectivity index (χ3v) is 4.25. The quantitative estimate of drug-likeness (QED) is 0.772. The van der Waals surface area contributed by atoms with Crippen LogP contribution in [0.2, 0.25) is 0 Å². The lowest BCUT2D eigenvalue weighted by molar-refractivity contribution is 0.202. The van der Waals surface area contributed by atoms with Crippen molar-refractivity contribution in [2.24, 2.45) is 11.8 Å². The van der Waals surface area contributed by atoms with Crippen molar-refractivity contribution < 1.29 is 4.74 Å². The van der Waals surface area contributed by atoms with Gasteiger partial charge in [0.05, 0.1) is 6.61 Å². The summed E-state index contributed by atoms with van der Waals surface area (Å²) < 4.78 is 5.13. The molecule has 0 aliphatic heterocycles. The molecule has 0 saturated heterocycles. The summed E-state index contributed by atoms with van der Waals surface area (Å²) in [6.07, 6.45) is 3.82. The molecule has 1 saturated carbocycles. The highest BCUT2D eigenvalue weighted by atomic mass is 16.5. The summed E-state index contributed by atoms with van der Waals surface area (Å²) >= 11 is 0. The largest absolute Gasteiger partial charge is 0.384 e. The van der Waals surface area contributed by atoms with E-state index < -0.39 is 0 Å². The van der Waals surface area contributed by atoms with Crippen LogP contribution in [-0.2, 0) is 11.2 Å². The van der Waals surface area contributed by atoms with Crippen LogP contribution in [0.25, 0.3) is 0 Å². The van der Waals surface area contributed by atoms with Gasteiger partial charge in [0, 0.05) is 13.2 Å². The molecule has 2 nitrogen and oxygen atoms in total. The molecule has 0 heterocycles. The second-order valence-corrected chi connectivity index (χ2v) is 5.72. The standard InChI is InChI=1S/C17H27NO/c1-4-18-17(13(2)15-9-10-15)16-7-5-14(6-8-16)11-12-19-3/h5-8,13,15,17-18H,4,9-12H2,1-3H3. The zero-order valence-corrected chi connectivity index (χ0v) is 12.5. The van der Waals surface area contributed by atoms with E-state index in [0.717, 1.165) is 31.4 Å². The van der Waals surface area contributed by atoms with Gasteiger partial charge in [0.25, 0.3) is 0 Å². The molecule has 2 atom stereocenters. The minimum Gasteiger partial charge on any atom is -0.384 e. The Balaban J connectivity index is 2.03. The van der Waals surface area contributed by atoms with Crippen molar-refractivity contribution in [3.63, 3.8) is 0 Å². The Morgan fingerprint density at radius 3 is 2.47 bits per heavy atom. The zero-order valence-electron chi connectivity index (χ0n) is 12.5. The molecule has 2 unspecified atom stereocenters. The normalized spacial score (nSPS) is 18.3. The fourth-order valence-corrected chi connectivity index (χ4v) is 2.83. The molecular formula is C17H27NO. The summed E-state index contributed by atoms with van der Waals surface area (Å²) in [7, 11) is 1.76. The average Bonchev–Trinajstić information content (AvgIpc) is 3.27. The summed E-state index contributed by atoms with van der Waals surface area (Å²) in [5, 5.41) is 3.66. The van der Waals surface area contributed by atoms with E-state index in [1.807, 2.05) is 0 Å². The van der Waals surface area contributed by atoms with Crippen molar-refractivity contribution in [1.82, 2.24) is 5.32 Å². The zero-order chi connectivity index (χ0) is 13.7. The first kappa shape index (κ1) is 14.5. The smallest absolute Gasteiger partial charge is 0.0502 e. The van der Waals surface area contributed by atoms with Gasteiger partial charge in [-0.1, -0.05) is 38.1 Å². The van der Waals surface area contributed by atoms with Crippen molar-refractivity contribution in [3.8, 4) is 0 Å². The van der Waals surface area contributed by atoms with Gasteiger partial charge in [-0.2, -0.15) is 0 Å². The van der Waals surface area contributed by atoms with E-state index in [-0.39, 0.29) is 0 Å². The van der Waals surface area contributed by atoms with Gasteiger partial charge in [0.15, 0.2) is 0 Å². The Labute approximate surface area is 117 Å². The van der Waals surface area contributed by atoms with Crippen LogP contribution in [0.4, 0.5) is 0 Å². The third kappa shape index (κ3) is 4.05. The highest BCUT2D eigenvalue weighted by molar-refractivity contribution is 5.26. The minimum atomic E-state index is 0.508. The number of ether oxygens (including phenoxy) is 1. The van der Waals surface area contributed by atoms with Crippen LogP contribution < -0.4 is 5.32 Å². The van der Waals surface area contributed by atoms with E-state index >= 15 is 0 Å². The Kier molecular flexibility index (Phi) is 5.41. The number of nitrogens with one attached hydrogen (secondary N) is 1. The molecular weight excluding hydrogens is 234 g/mol.